The first-order valence-corrected chi connectivity index (χ1v) is 3.83. The molecule has 2 nitrogen and oxygen atoms in total. The Morgan fingerprint density at radius 3 is 2.89 bits per heavy atom. The van der Waals surface area contributed by atoms with E-state index in [0.717, 1.165) is 18.2 Å². The topological polar surface area (TPSA) is 37.3 Å². The molecule has 0 radical (unpaired) electrons. The van der Waals surface area contributed by atoms with Crippen LogP contribution in [0, 0.1) is 0 Å². The molecule has 0 amide bonds. The lowest BCUT2D eigenvalue weighted by atomic mass is 10.6. The second kappa shape index (κ2) is 5.69. The highest BCUT2D eigenvalue weighted by Crippen LogP contribution is 2.02. The van der Waals surface area contributed by atoms with Gasteiger partial charge in [-0.05, 0) is 17.6 Å². The number of aliphatic carboxylic acids is 1. The average Bonchev–Trinajstić information content (AvgIpc) is 1.80. The van der Waals surface area contributed by atoms with Gasteiger partial charge in [0.1, 0.15) is 0 Å². The first-order valence-electron chi connectivity index (χ1n) is 2.78. The third kappa shape index (κ3) is 7.56. The Labute approximate surface area is 59.0 Å². The Bertz CT molecular complexity index is 110. The van der Waals surface area contributed by atoms with Crippen LogP contribution in [-0.2, 0) is 4.79 Å². The summed E-state index contributed by atoms with van der Waals surface area (Å²) in [5, 5.41) is 9.72. The summed E-state index contributed by atoms with van der Waals surface area (Å²) in [6, 6.07) is 0. The highest BCUT2D eigenvalue weighted by atomic mass is 32.2. The summed E-state index contributed by atoms with van der Waals surface area (Å²) >= 11 is 1.52. The molecule has 0 heterocycles. The molecule has 0 fully saturated rings. The second-order valence-electron chi connectivity index (χ2n) is 1.51. The summed E-state index contributed by atoms with van der Waals surface area (Å²) in [6.07, 6.45) is 2.23. The van der Waals surface area contributed by atoms with Crippen LogP contribution in [0.4, 0.5) is 0 Å². The van der Waals surface area contributed by atoms with Crippen LogP contribution in [0.5, 0.6) is 0 Å². The first-order chi connectivity index (χ1) is 4.27. The van der Waals surface area contributed by atoms with Crippen molar-refractivity contribution in [1.29, 1.82) is 0 Å². The third-order valence-electron chi connectivity index (χ3n) is 0.629. The fraction of sp³-hybridized carbons (Fsp3) is 0.500. The molecule has 1 N–H and O–H groups in total. The van der Waals surface area contributed by atoms with Crippen molar-refractivity contribution in [1.82, 2.24) is 0 Å². The summed E-state index contributed by atoms with van der Waals surface area (Å²) in [5.41, 5.74) is 0. The minimum absolute atomic E-state index is 0.876. The normalized spacial score (nSPS) is 10.3. The molecule has 0 unspecified atom stereocenters. The molecule has 9 heavy (non-hydrogen) atoms. The fourth-order valence-electron chi connectivity index (χ4n) is 0.292. The van der Waals surface area contributed by atoms with Crippen molar-refractivity contribution < 1.29 is 9.90 Å². The molecular formula is C6H10O2S. The second-order valence-corrected chi connectivity index (χ2v) is 2.53. The van der Waals surface area contributed by atoms with Gasteiger partial charge in [0.05, 0.1) is 0 Å². The van der Waals surface area contributed by atoms with E-state index in [2.05, 4.69) is 6.92 Å². The molecule has 0 aromatic carbocycles. The molecule has 0 aromatic heterocycles. The van der Waals surface area contributed by atoms with Crippen molar-refractivity contribution in [3.8, 4) is 0 Å². The van der Waals surface area contributed by atoms with E-state index >= 15 is 0 Å². The predicted molar refractivity (Wildman–Crippen MR) is 39.5 cm³/mol. The van der Waals surface area contributed by atoms with Crippen LogP contribution < -0.4 is 0 Å². The summed E-state index contributed by atoms with van der Waals surface area (Å²) in [6.45, 7) is 2.06. The molecular weight excluding hydrogens is 136 g/mol. The Hall–Kier alpha value is -0.440. The number of thioether (sulfide) groups is 1. The number of rotatable bonds is 4. The van der Waals surface area contributed by atoms with Crippen molar-refractivity contribution in [2.24, 2.45) is 0 Å². The number of carboxylic acids is 1. The summed E-state index contributed by atoms with van der Waals surface area (Å²) in [7, 11) is 0. The van der Waals surface area contributed by atoms with Crippen LogP contribution in [0.15, 0.2) is 11.5 Å². The Morgan fingerprint density at radius 2 is 2.44 bits per heavy atom. The zero-order chi connectivity index (χ0) is 7.11. The number of carboxylic acid groups (broad SMARTS) is 1. The smallest absolute Gasteiger partial charge is 0.328 e. The van der Waals surface area contributed by atoms with Crippen molar-refractivity contribution >= 4 is 17.7 Å². The minimum Gasteiger partial charge on any atom is -0.478 e. The van der Waals surface area contributed by atoms with Crippen molar-refractivity contribution in [2.75, 3.05) is 5.75 Å². The zero-order valence-corrected chi connectivity index (χ0v) is 6.15. The average molecular weight is 146 g/mol. The zero-order valence-electron chi connectivity index (χ0n) is 5.33. The molecule has 0 aliphatic carbocycles. The molecule has 0 aliphatic rings. The Kier molecular flexibility index (Phi) is 5.41. The lowest BCUT2D eigenvalue weighted by Gasteiger charge is -1.85. The number of hydrogen-bond acceptors (Lipinski definition) is 2. The van der Waals surface area contributed by atoms with Gasteiger partial charge in [-0.15, -0.1) is 11.8 Å². The third-order valence-corrected chi connectivity index (χ3v) is 1.60. The van der Waals surface area contributed by atoms with Crippen LogP contribution in [0.25, 0.3) is 0 Å². The van der Waals surface area contributed by atoms with Crippen molar-refractivity contribution in [3.63, 3.8) is 0 Å². The van der Waals surface area contributed by atoms with Gasteiger partial charge in [0, 0.05) is 6.08 Å². The van der Waals surface area contributed by atoms with E-state index < -0.39 is 5.97 Å². The molecule has 0 saturated carbocycles. The van der Waals surface area contributed by atoms with E-state index in [1.807, 2.05) is 0 Å². The van der Waals surface area contributed by atoms with E-state index in [4.69, 9.17) is 5.11 Å². The number of hydrogen-bond donors (Lipinski definition) is 1. The fourth-order valence-corrected chi connectivity index (χ4v) is 0.877. The highest BCUT2D eigenvalue weighted by molar-refractivity contribution is 8.02. The standard InChI is InChI=1S/C6H10O2S/c1-2-4-9-5-3-6(7)8/h3,5H,2,4H2,1H3,(H,7,8)/b5-3+. The van der Waals surface area contributed by atoms with Gasteiger partial charge in [-0.1, -0.05) is 6.92 Å². The maximum atomic E-state index is 9.86. The van der Waals surface area contributed by atoms with Crippen LogP contribution in [0.1, 0.15) is 13.3 Å². The maximum Gasteiger partial charge on any atom is 0.328 e. The van der Waals surface area contributed by atoms with Crippen LogP contribution in [-0.4, -0.2) is 16.8 Å². The molecule has 0 bridgehead atoms. The molecule has 52 valence electrons. The molecule has 0 rings (SSSR count). The first kappa shape index (κ1) is 8.56. The molecule has 3 heteroatoms. The van der Waals surface area contributed by atoms with Gasteiger partial charge in [0.2, 0.25) is 0 Å². The van der Waals surface area contributed by atoms with E-state index in [0.29, 0.717) is 0 Å². The van der Waals surface area contributed by atoms with Gasteiger partial charge in [-0.2, -0.15) is 0 Å². The van der Waals surface area contributed by atoms with Gasteiger partial charge in [-0.25, -0.2) is 4.79 Å². The molecule has 0 aromatic rings. The van der Waals surface area contributed by atoms with E-state index in [1.54, 1.807) is 5.41 Å². The van der Waals surface area contributed by atoms with Crippen LogP contribution in [0.3, 0.4) is 0 Å². The van der Waals surface area contributed by atoms with Crippen LogP contribution >= 0.6 is 11.8 Å². The Balaban J connectivity index is 3.15. The molecule has 0 saturated heterocycles. The quantitative estimate of drug-likeness (QED) is 0.484. The summed E-state index contributed by atoms with van der Waals surface area (Å²) in [5.74, 6) is 0.114. The van der Waals surface area contributed by atoms with Gasteiger partial charge in [-0.3, -0.25) is 0 Å². The predicted octanol–water partition coefficient (Wildman–Crippen LogP) is 1.73. The monoisotopic (exact) mass is 146 g/mol. The van der Waals surface area contributed by atoms with E-state index in [1.165, 1.54) is 11.8 Å². The number of carbonyl (C=O) groups is 1. The summed E-state index contributed by atoms with van der Waals surface area (Å²) in [4.78, 5) is 9.86. The molecule has 0 spiro atoms. The van der Waals surface area contributed by atoms with E-state index in [-0.39, 0.29) is 0 Å². The molecule has 0 aliphatic heterocycles. The molecule has 0 atom stereocenters. The minimum atomic E-state index is -0.876. The van der Waals surface area contributed by atoms with Crippen molar-refractivity contribution in [3.05, 3.63) is 11.5 Å². The van der Waals surface area contributed by atoms with E-state index in [9.17, 15) is 4.79 Å². The largest absolute Gasteiger partial charge is 0.478 e. The van der Waals surface area contributed by atoms with Gasteiger partial charge in [0.25, 0.3) is 0 Å². The van der Waals surface area contributed by atoms with Gasteiger partial charge >= 0.3 is 5.97 Å². The maximum absolute atomic E-state index is 9.86. The van der Waals surface area contributed by atoms with Crippen molar-refractivity contribution in [2.45, 2.75) is 13.3 Å². The SMILES string of the molecule is CCCS/C=C/C(=O)O. The lowest BCUT2D eigenvalue weighted by Crippen LogP contribution is -1.84. The lowest BCUT2D eigenvalue weighted by molar-refractivity contribution is -0.131. The highest BCUT2D eigenvalue weighted by Gasteiger charge is 1.83. The summed E-state index contributed by atoms with van der Waals surface area (Å²) < 4.78 is 0. The van der Waals surface area contributed by atoms with Gasteiger partial charge < -0.3 is 5.11 Å². The van der Waals surface area contributed by atoms with Crippen LogP contribution in [0.2, 0.25) is 0 Å². The Morgan fingerprint density at radius 1 is 1.78 bits per heavy atom. The van der Waals surface area contributed by atoms with Gasteiger partial charge in [0.15, 0.2) is 0 Å².